The summed E-state index contributed by atoms with van der Waals surface area (Å²) in [6.07, 6.45) is 32.1. The number of carbonyl (C=O) groups excluding carboxylic acids is 4. The zero-order chi connectivity index (χ0) is 52.2. The summed E-state index contributed by atoms with van der Waals surface area (Å²) in [5.41, 5.74) is -0.187. The Balaban J connectivity index is 2.08. The number of hydrogen-bond acceptors (Lipinski definition) is 9. The Kier molecular flexibility index (Phi) is 33.7. The predicted molar refractivity (Wildman–Crippen MR) is 290 cm³/mol. The number of benzene rings is 1. The fraction of sp³-hybridized carbons (Fsp3) is 0.793. The van der Waals surface area contributed by atoms with Crippen LogP contribution in [0.15, 0.2) is 24.4 Å². The van der Waals surface area contributed by atoms with Gasteiger partial charge in [-0.15, -0.1) is 0 Å². The molecule has 71 heavy (non-hydrogen) atoms. The van der Waals surface area contributed by atoms with Gasteiger partial charge in [-0.25, -0.2) is 9.59 Å². The predicted octanol–water partition coefficient (Wildman–Crippen LogP) is 14.1. The van der Waals surface area contributed by atoms with Crippen molar-refractivity contribution in [2.45, 2.75) is 259 Å². The van der Waals surface area contributed by atoms with Gasteiger partial charge in [-0.3, -0.25) is 14.2 Å². The molecule has 13 nitrogen and oxygen atoms in total. The van der Waals surface area contributed by atoms with Crippen LogP contribution in [0.3, 0.4) is 0 Å². The van der Waals surface area contributed by atoms with Crippen LogP contribution in [0.4, 0.5) is 9.59 Å². The number of unbranched alkanes of at least 4 members (excludes halogenated alkanes) is 23. The van der Waals surface area contributed by atoms with Crippen molar-refractivity contribution < 1.29 is 42.9 Å². The number of nitrogens with zero attached hydrogens (tertiary/aromatic N) is 1. The molecule has 1 aromatic heterocycles. The minimum absolute atomic E-state index is 0.0960. The molecule has 1 heterocycles. The van der Waals surface area contributed by atoms with E-state index in [1.807, 2.05) is 20.8 Å². The minimum atomic E-state index is -0.864. The van der Waals surface area contributed by atoms with Crippen molar-refractivity contribution in [2.24, 2.45) is 0 Å². The first-order valence-electron chi connectivity index (χ1n) is 28.2. The molecule has 1 aromatic carbocycles. The molecule has 0 bridgehead atoms. The van der Waals surface area contributed by atoms with Crippen LogP contribution in [0.2, 0.25) is 0 Å². The van der Waals surface area contributed by atoms with E-state index in [-0.39, 0.29) is 30.9 Å². The van der Waals surface area contributed by atoms with Crippen molar-refractivity contribution in [3.05, 3.63) is 30.0 Å². The molecule has 3 amide bonds. The second-order valence-electron chi connectivity index (χ2n) is 21.7. The van der Waals surface area contributed by atoms with Crippen LogP contribution in [0.5, 0.6) is 5.75 Å². The van der Waals surface area contributed by atoms with Gasteiger partial charge in [-0.1, -0.05) is 155 Å². The SMILES string of the molecule is CCCCCCCCCCCCCCOCC(CNC(=O)[C@H](CCCCNC(=O)OC(C)(C)C)NC(=O)Cc1cn(C(=O)OC(C)(C)C)c2ccc(OC)cc12)OCCCCCCCCCCCCCC. The third-order valence-electron chi connectivity index (χ3n) is 12.6. The molecule has 0 fully saturated rings. The van der Waals surface area contributed by atoms with Crippen molar-refractivity contribution >= 4 is 34.9 Å². The quantitative estimate of drug-likeness (QED) is 0.0552. The number of methoxy groups -OCH3 is 1. The van der Waals surface area contributed by atoms with Crippen LogP contribution in [0, 0.1) is 0 Å². The number of fused-ring (bicyclic) bond motifs is 1. The highest BCUT2D eigenvalue weighted by Crippen LogP contribution is 2.28. The molecular formula is C58H102N4O9. The second kappa shape index (κ2) is 37.8. The highest BCUT2D eigenvalue weighted by atomic mass is 16.6. The Morgan fingerprint density at radius 2 is 1.14 bits per heavy atom. The maximum atomic E-state index is 14.1. The molecule has 1 unspecified atom stereocenters. The second-order valence-corrected chi connectivity index (χ2v) is 21.7. The first-order chi connectivity index (χ1) is 34.1. The van der Waals surface area contributed by atoms with E-state index in [2.05, 4.69) is 29.8 Å². The van der Waals surface area contributed by atoms with Crippen LogP contribution >= 0.6 is 0 Å². The van der Waals surface area contributed by atoms with Crippen molar-refractivity contribution in [3.63, 3.8) is 0 Å². The zero-order valence-corrected chi connectivity index (χ0v) is 46.4. The topological polar surface area (TPSA) is 155 Å². The highest BCUT2D eigenvalue weighted by Gasteiger charge is 2.25. The lowest BCUT2D eigenvalue weighted by atomic mass is 10.1. The van der Waals surface area contributed by atoms with Gasteiger partial charge >= 0.3 is 12.2 Å². The zero-order valence-electron chi connectivity index (χ0n) is 46.4. The van der Waals surface area contributed by atoms with Crippen molar-refractivity contribution in [2.75, 3.05) is 40.0 Å². The molecule has 0 aliphatic heterocycles. The molecule has 0 aliphatic rings. The lowest BCUT2D eigenvalue weighted by Gasteiger charge is -2.22. The Morgan fingerprint density at radius 3 is 1.66 bits per heavy atom. The summed E-state index contributed by atoms with van der Waals surface area (Å²) in [4.78, 5) is 53.6. The van der Waals surface area contributed by atoms with Gasteiger partial charge in [0, 0.05) is 37.9 Å². The summed E-state index contributed by atoms with van der Waals surface area (Å²) in [5, 5.41) is 9.52. The van der Waals surface area contributed by atoms with Gasteiger partial charge in [-0.2, -0.15) is 0 Å². The Labute approximate surface area is 431 Å². The van der Waals surface area contributed by atoms with Gasteiger partial charge < -0.3 is 39.6 Å². The molecule has 0 aliphatic carbocycles. The Hall–Kier alpha value is -3.84. The normalized spacial score (nSPS) is 12.7. The maximum absolute atomic E-state index is 14.1. The summed E-state index contributed by atoms with van der Waals surface area (Å²) in [6.45, 7) is 17.6. The highest BCUT2D eigenvalue weighted by molar-refractivity contribution is 5.96. The molecule has 2 atom stereocenters. The number of alkyl carbamates (subject to hydrolysis) is 1. The van der Waals surface area contributed by atoms with E-state index >= 15 is 0 Å². The molecule has 0 saturated heterocycles. The van der Waals surface area contributed by atoms with Gasteiger partial charge in [-0.05, 0) is 97.4 Å². The molecule has 3 N–H and O–H groups in total. The van der Waals surface area contributed by atoms with E-state index < -0.39 is 29.4 Å². The molecular weight excluding hydrogens is 897 g/mol. The van der Waals surface area contributed by atoms with E-state index in [0.29, 0.717) is 67.8 Å². The van der Waals surface area contributed by atoms with E-state index in [1.165, 1.54) is 133 Å². The number of nitrogens with one attached hydrogen (secondary N) is 3. The number of aromatic nitrogens is 1. The lowest BCUT2D eigenvalue weighted by molar-refractivity contribution is -0.129. The summed E-state index contributed by atoms with van der Waals surface area (Å²) in [6, 6.07) is 4.44. The molecule has 13 heteroatoms. The van der Waals surface area contributed by atoms with Crippen molar-refractivity contribution in [1.29, 1.82) is 0 Å². The largest absolute Gasteiger partial charge is 0.497 e. The maximum Gasteiger partial charge on any atom is 0.419 e. The van der Waals surface area contributed by atoms with E-state index in [4.69, 9.17) is 23.7 Å². The number of hydrogen-bond donors (Lipinski definition) is 3. The van der Waals surface area contributed by atoms with Gasteiger partial charge in [0.05, 0.1) is 31.8 Å². The summed E-state index contributed by atoms with van der Waals surface area (Å²) >= 11 is 0. The molecule has 2 rings (SSSR count). The number of carbonyl (C=O) groups is 4. The van der Waals surface area contributed by atoms with Gasteiger partial charge in [0.25, 0.3) is 0 Å². The number of rotatable bonds is 41. The Morgan fingerprint density at radius 1 is 0.620 bits per heavy atom. The molecule has 408 valence electrons. The van der Waals surface area contributed by atoms with Crippen LogP contribution in [-0.4, -0.2) is 91.9 Å². The van der Waals surface area contributed by atoms with Crippen molar-refractivity contribution in [3.8, 4) is 5.75 Å². The van der Waals surface area contributed by atoms with E-state index in [1.54, 1.807) is 52.3 Å². The summed E-state index contributed by atoms with van der Waals surface area (Å²) in [7, 11) is 1.56. The van der Waals surface area contributed by atoms with Crippen LogP contribution in [-0.2, 0) is 35.0 Å². The van der Waals surface area contributed by atoms with Gasteiger partial charge in [0.15, 0.2) is 0 Å². The van der Waals surface area contributed by atoms with Crippen LogP contribution < -0.4 is 20.7 Å². The monoisotopic (exact) mass is 999 g/mol. The van der Waals surface area contributed by atoms with Crippen LogP contribution in [0.1, 0.15) is 234 Å². The first-order valence-corrected chi connectivity index (χ1v) is 28.2. The molecule has 0 saturated carbocycles. The first kappa shape index (κ1) is 63.3. The van der Waals surface area contributed by atoms with Gasteiger partial charge in [0.1, 0.15) is 23.0 Å². The number of ether oxygens (including phenoxy) is 5. The molecule has 0 spiro atoms. The summed E-state index contributed by atoms with van der Waals surface area (Å²) < 4.78 is 30.5. The summed E-state index contributed by atoms with van der Waals surface area (Å²) in [5.74, 6) is -0.128. The molecule has 0 radical (unpaired) electrons. The average molecular weight is 999 g/mol. The standard InChI is InChI=1S/C58H102N4O9/c1-10-12-14-16-18-20-22-24-26-28-30-34-40-68-46-49(69-41-35-31-29-27-25-23-21-19-17-15-13-11-2)44-60-54(64)51(36-32-33-39-59-55(65)70-57(3,4)5)61-53(63)42-47-45-62(56(66)71-58(6,7)8)52-38-37-48(67-9)43-50(47)52/h37-38,43,45,49,51H,10-36,39-42,44,46H2,1-9H3,(H,59,65)(H,60,64)(H,61,63)/t49?,51-/m0/s1. The van der Waals surface area contributed by atoms with Gasteiger partial charge in [0.2, 0.25) is 11.8 Å². The third-order valence-corrected chi connectivity index (χ3v) is 12.6. The van der Waals surface area contributed by atoms with Crippen molar-refractivity contribution in [1.82, 2.24) is 20.5 Å². The fourth-order valence-corrected chi connectivity index (χ4v) is 8.63. The lowest BCUT2D eigenvalue weighted by Crippen LogP contribution is -2.49. The smallest absolute Gasteiger partial charge is 0.419 e. The van der Waals surface area contributed by atoms with E-state index in [9.17, 15) is 19.2 Å². The third kappa shape index (κ3) is 31.4. The van der Waals surface area contributed by atoms with Crippen LogP contribution in [0.25, 0.3) is 10.9 Å². The van der Waals surface area contributed by atoms with E-state index in [0.717, 1.165) is 25.7 Å². The Bertz CT molecular complexity index is 1730. The minimum Gasteiger partial charge on any atom is -0.497 e. The number of amides is 3. The fourth-order valence-electron chi connectivity index (χ4n) is 8.63. The molecule has 2 aromatic rings. The average Bonchev–Trinajstić information content (AvgIpc) is 3.67.